The van der Waals surface area contributed by atoms with Crippen LogP contribution in [0.15, 0.2) is 42.9 Å². The Morgan fingerprint density at radius 3 is 2.64 bits per heavy atom. The van der Waals surface area contributed by atoms with Crippen molar-refractivity contribution in [2.75, 3.05) is 13.1 Å². The summed E-state index contributed by atoms with van der Waals surface area (Å²) >= 11 is 0. The average Bonchev–Trinajstić information content (AvgIpc) is 3.08. The summed E-state index contributed by atoms with van der Waals surface area (Å²) in [6.45, 7) is 1.77. The third kappa shape index (κ3) is 3.40. The van der Waals surface area contributed by atoms with Gasteiger partial charge in [-0.25, -0.2) is 0 Å². The van der Waals surface area contributed by atoms with Crippen LogP contribution >= 0.6 is 0 Å². The quantitative estimate of drug-likeness (QED) is 0.739. The Morgan fingerprint density at radius 1 is 1.04 bits per heavy atom. The predicted molar refractivity (Wildman–Crippen MR) is 98.1 cm³/mol. The Kier molecular flexibility index (Phi) is 4.22. The molecule has 0 N–H and O–H groups in total. The maximum atomic E-state index is 12.5. The van der Waals surface area contributed by atoms with Crippen LogP contribution in [0.25, 0.3) is 21.9 Å². The largest absolute Gasteiger partial charge is 0.342 e. The first-order chi connectivity index (χ1) is 12.2. The number of aryl methyl sites for hydroxylation is 1. The van der Waals surface area contributed by atoms with Crippen LogP contribution in [0.1, 0.15) is 25.0 Å². The van der Waals surface area contributed by atoms with Crippen molar-refractivity contribution in [2.24, 2.45) is 7.05 Å². The van der Waals surface area contributed by atoms with Gasteiger partial charge >= 0.3 is 0 Å². The van der Waals surface area contributed by atoms with Crippen LogP contribution in [-0.4, -0.2) is 38.7 Å². The molecule has 5 nitrogen and oxygen atoms in total. The molecule has 0 unspecified atom stereocenters. The zero-order valence-corrected chi connectivity index (χ0v) is 14.5. The molecule has 25 heavy (non-hydrogen) atoms. The van der Waals surface area contributed by atoms with E-state index in [4.69, 9.17) is 0 Å². The van der Waals surface area contributed by atoms with E-state index < -0.39 is 0 Å². The van der Waals surface area contributed by atoms with Gasteiger partial charge < -0.3 is 4.90 Å². The van der Waals surface area contributed by atoms with E-state index in [9.17, 15) is 4.79 Å². The Bertz CT molecular complexity index is 909. The lowest BCUT2D eigenvalue weighted by Crippen LogP contribution is -2.36. The topological polar surface area (TPSA) is 51.0 Å². The summed E-state index contributed by atoms with van der Waals surface area (Å²) in [6.07, 6.45) is 9.58. The monoisotopic (exact) mass is 334 g/mol. The van der Waals surface area contributed by atoms with Crippen LogP contribution in [0.2, 0.25) is 0 Å². The van der Waals surface area contributed by atoms with Gasteiger partial charge in [0.15, 0.2) is 0 Å². The minimum atomic E-state index is 0.190. The number of carbonyl (C=O) groups is 1. The van der Waals surface area contributed by atoms with Crippen LogP contribution in [0.4, 0.5) is 0 Å². The van der Waals surface area contributed by atoms with Crippen LogP contribution < -0.4 is 0 Å². The van der Waals surface area contributed by atoms with Gasteiger partial charge in [-0.1, -0.05) is 12.1 Å². The van der Waals surface area contributed by atoms with Crippen LogP contribution in [0, 0.1) is 0 Å². The summed E-state index contributed by atoms with van der Waals surface area (Å²) in [5.74, 6) is 0.190. The highest BCUT2D eigenvalue weighted by Crippen LogP contribution is 2.24. The highest BCUT2D eigenvalue weighted by atomic mass is 16.2. The first-order valence-corrected chi connectivity index (χ1v) is 8.84. The molecule has 1 aromatic carbocycles. The van der Waals surface area contributed by atoms with E-state index in [1.807, 2.05) is 36.6 Å². The fourth-order valence-electron chi connectivity index (χ4n) is 3.44. The number of rotatable bonds is 3. The SMILES string of the molecule is Cn1cc(-c2ccc3cnc(CC(=O)N4CCCCC4)cc3c2)cn1. The molecular weight excluding hydrogens is 312 g/mol. The van der Waals surface area contributed by atoms with E-state index in [0.717, 1.165) is 53.5 Å². The van der Waals surface area contributed by atoms with Crippen molar-refractivity contribution in [3.8, 4) is 11.1 Å². The summed E-state index contributed by atoms with van der Waals surface area (Å²) in [4.78, 5) is 18.9. The molecule has 0 bridgehead atoms. The summed E-state index contributed by atoms with van der Waals surface area (Å²) in [5, 5.41) is 6.43. The maximum Gasteiger partial charge on any atom is 0.228 e. The van der Waals surface area contributed by atoms with Gasteiger partial charge in [0.1, 0.15) is 0 Å². The Morgan fingerprint density at radius 2 is 1.88 bits per heavy atom. The van der Waals surface area contributed by atoms with Crippen LogP contribution in [0.5, 0.6) is 0 Å². The summed E-state index contributed by atoms with van der Waals surface area (Å²) in [6, 6.07) is 8.33. The molecular formula is C20H22N4O. The minimum Gasteiger partial charge on any atom is -0.342 e. The van der Waals surface area contributed by atoms with Crippen molar-refractivity contribution in [3.05, 3.63) is 48.5 Å². The van der Waals surface area contributed by atoms with Gasteiger partial charge in [-0.05, 0) is 42.3 Å². The molecule has 1 aliphatic heterocycles. The number of piperidine rings is 1. The summed E-state index contributed by atoms with van der Waals surface area (Å²) < 4.78 is 1.80. The van der Waals surface area contributed by atoms with E-state index in [1.54, 1.807) is 4.68 Å². The maximum absolute atomic E-state index is 12.5. The molecule has 128 valence electrons. The predicted octanol–water partition coefficient (Wildman–Crippen LogP) is 3.19. The van der Waals surface area contributed by atoms with Gasteiger partial charge in [0.2, 0.25) is 5.91 Å². The molecule has 2 aromatic heterocycles. The fraction of sp³-hybridized carbons (Fsp3) is 0.350. The minimum absolute atomic E-state index is 0.190. The lowest BCUT2D eigenvalue weighted by Gasteiger charge is -2.26. The molecule has 3 aromatic rings. The highest BCUT2D eigenvalue weighted by Gasteiger charge is 2.17. The standard InChI is InChI=1S/C20H22N4O/c1-23-14-18(13-22-23)15-5-6-16-12-21-19(10-17(16)9-15)11-20(25)24-7-3-2-4-8-24/h5-6,9-10,12-14H,2-4,7-8,11H2,1H3. The molecule has 0 saturated carbocycles. The highest BCUT2D eigenvalue weighted by molar-refractivity contribution is 5.88. The molecule has 5 heteroatoms. The molecule has 1 saturated heterocycles. The Hall–Kier alpha value is -2.69. The summed E-state index contributed by atoms with van der Waals surface area (Å²) in [7, 11) is 1.92. The van der Waals surface area contributed by atoms with E-state index in [2.05, 4.69) is 28.3 Å². The Balaban J connectivity index is 1.59. The van der Waals surface area contributed by atoms with Gasteiger partial charge in [0.05, 0.1) is 18.3 Å². The molecule has 0 radical (unpaired) electrons. The third-order valence-electron chi connectivity index (χ3n) is 4.86. The number of aromatic nitrogens is 3. The zero-order chi connectivity index (χ0) is 17.2. The van der Waals surface area contributed by atoms with Crippen molar-refractivity contribution in [3.63, 3.8) is 0 Å². The van der Waals surface area contributed by atoms with E-state index in [-0.39, 0.29) is 5.91 Å². The second kappa shape index (κ2) is 6.67. The van der Waals surface area contributed by atoms with Gasteiger partial charge in [-0.2, -0.15) is 5.10 Å². The molecule has 4 rings (SSSR count). The lowest BCUT2D eigenvalue weighted by molar-refractivity contribution is -0.131. The number of benzene rings is 1. The third-order valence-corrected chi connectivity index (χ3v) is 4.86. The molecule has 0 aliphatic carbocycles. The van der Waals surface area contributed by atoms with Crippen LogP contribution in [-0.2, 0) is 18.3 Å². The summed E-state index contributed by atoms with van der Waals surface area (Å²) in [5.41, 5.74) is 3.05. The number of hydrogen-bond donors (Lipinski definition) is 0. The number of fused-ring (bicyclic) bond motifs is 1. The first kappa shape index (κ1) is 15.8. The molecule has 1 amide bonds. The second-order valence-corrected chi connectivity index (χ2v) is 6.76. The van der Waals surface area contributed by atoms with Gasteiger partial charge in [0.25, 0.3) is 0 Å². The van der Waals surface area contributed by atoms with Crippen molar-refractivity contribution >= 4 is 16.7 Å². The van der Waals surface area contributed by atoms with Gasteiger partial charge in [-0.15, -0.1) is 0 Å². The smallest absolute Gasteiger partial charge is 0.228 e. The van der Waals surface area contributed by atoms with Crippen molar-refractivity contribution in [2.45, 2.75) is 25.7 Å². The van der Waals surface area contributed by atoms with E-state index in [0.29, 0.717) is 6.42 Å². The van der Waals surface area contributed by atoms with Crippen molar-refractivity contribution < 1.29 is 4.79 Å². The average molecular weight is 334 g/mol. The molecule has 0 spiro atoms. The number of likely N-dealkylation sites (tertiary alicyclic amines) is 1. The molecule has 1 fully saturated rings. The second-order valence-electron chi connectivity index (χ2n) is 6.76. The Labute approximate surface area is 147 Å². The van der Waals surface area contributed by atoms with Crippen molar-refractivity contribution in [1.82, 2.24) is 19.7 Å². The lowest BCUT2D eigenvalue weighted by atomic mass is 10.0. The number of amides is 1. The first-order valence-electron chi connectivity index (χ1n) is 8.84. The number of hydrogen-bond acceptors (Lipinski definition) is 3. The van der Waals surface area contributed by atoms with Crippen molar-refractivity contribution in [1.29, 1.82) is 0 Å². The van der Waals surface area contributed by atoms with Crippen LogP contribution in [0.3, 0.4) is 0 Å². The van der Waals surface area contributed by atoms with E-state index in [1.165, 1.54) is 6.42 Å². The van der Waals surface area contributed by atoms with Gasteiger partial charge in [0, 0.05) is 43.5 Å². The fourth-order valence-corrected chi connectivity index (χ4v) is 3.44. The normalized spacial score (nSPS) is 14.8. The number of pyridine rings is 1. The number of nitrogens with zero attached hydrogens (tertiary/aromatic N) is 4. The number of carbonyl (C=O) groups excluding carboxylic acids is 1. The molecule has 3 heterocycles. The molecule has 1 aliphatic rings. The van der Waals surface area contributed by atoms with Gasteiger partial charge in [-0.3, -0.25) is 14.5 Å². The zero-order valence-electron chi connectivity index (χ0n) is 14.5. The molecule has 0 atom stereocenters. The van der Waals surface area contributed by atoms with E-state index >= 15 is 0 Å².